The molecule has 0 aromatic heterocycles. The van der Waals surface area contributed by atoms with E-state index < -0.39 is 15.8 Å². The average molecular weight is 416 g/mol. The summed E-state index contributed by atoms with van der Waals surface area (Å²) < 4.78 is 12.1. The molecule has 0 saturated carbocycles. The standard InChI is InChI=1S/C15H30NO2PS4/c1-4-7-8-9-10-11-12-16-15(17)14(13-23(16)18)19(20,21-5-2)22-6-3/h14H,4-13H2,1-3H3. The van der Waals surface area contributed by atoms with Crippen molar-refractivity contribution >= 4 is 56.3 Å². The summed E-state index contributed by atoms with van der Waals surface area (Å²) in [7, 11) is 0. The van der Waals surface area contributed by atoms with Gasteiger partial charge in [-0.05, 0) is 17.9 Å². The van der Waals surface area contributed by atoms with Gasteiger partial charge in [0, 0.05) is 0 Å². The van der Waals surface area contributed by atoms with Crippen LogP contribution in [0.5, 0.6) is 0 Å². The molecule has 1 amide bonds. The van der Waals surface area contributed by atoms with Crippen LogP contribution < -0.4 is 0 Å². The van der Waals surface area contributed by atoms with Gasteiger partial charge in [-0.3, -0.25) is 4.79 Å². The Morgan fingerprint density at radius 2 is 1.74 bits per heavy atom. The van der Waals surface area contributed by atoms with Crippen molar-refractivity contribution < 1.29 is 9.35 Å². The van der Waals surface area contributed by atoms with Crippen LogP contribution >= 0.6 is 27.2 Å². The van der Waals surface area contributed by atoms with E-state index >= 15 is 0 Å². The number of amides is 1. The Labute approximate surface area is 158 Å². The van der Waals surface area contributed by atoms with E-state index in [1.54, 1.807) is 27.1 Å². The first-order valence-corrected chi connectivity index (χ1v) is 15.9. The quantitative estimate of drug-likeness (QED) is 0.254. The monoisotopic (exact) mass is 415 g/mol. The van der Waals surface area contributed by atoms with Gasteiger partial charge in [0.1, 0.15) is 11.4 Å². The molecule has 1 rings (SSSR count). The van der Waals surface area contributed by atoms with Crippen molar-refractivity contribution in [1.29, 1.82) is 0 Å². The van der Waals surface area contributed by atoms with Crippen molar-refractivity contribution in [2.45, 2.75) is 65.0 Å². The third-order valence-corrected chi connectivity index (χ3v) is 17.7. The van der Waals surface area contributed by atoms with Crippen LogP contribution in [0.3, 0.4) is 0 Å². The first-order chi connectivity index (χ1) is 11.0. The minimum absolute atomic E-state index is 0.0575. The molecule has 0 aromatic rings. The van der Waals surface area contributed by atoms with E-state index in [0.717, 1.165) is 24.3 Å². The molecule has 1 aliphatic rings. The zero-order chi connectivity index (χ0) is 17.3. The second kappa shape index (κ2) is 11.7. The van der Waals surface area contributed by atoms with Gasteiger partial charge in [0.05, 0.1) is 22.3 Å². The van der Waals surface area contributed by atoms with Gasteiger partial charge in [-0.25, -0.2) is 0 Å². The van der Waals surface area contributed by atoms with E-state index in [0.29, 0.717) is 12.3 Å². The fourth-order valence-electron chi connectivity index (χ4n) is 2.61. The van der Waals surface area contributed by atoms with Crippen LogP contribution in [0.2, 0.25) is 0 Å². The van der Waals surface area contributed by atoms with Crippen LogP contribution in [0.1, 0.15) is 59.3 Å². The molecular formula is C15H30NO2PS4. The van der Waals surface area contributed by atoms with E-state index in [2.05, 4.69) is 20.8 Å². The molecular weight excluding hydrogens is 385 g/mol. The van der Waals surface area contributed by atoms with Gasteiger partial charge in [0.2, 0.25) is 0 Å². The lowest BCUT2D eigenvalue weighted by Gasteiger charge is -2.22. The maximum absolute atomic E-state index is 12.7. The molecule has 0 bridgehead atoms. The Balaban J connectivity index is 2.55. The molecule has 23 heavy (non-hydrogen) atoms. The summed E-state index contributed by atoms with van der Waals surface area (Å²) in [4.78, 5) is 12.7. The number of carbonyl (C=O) groups excluding carboxylic acids is 1. The van der Waals surface area contributed by atoms with Crippen molar-refractivity contribution in [3.63, 3.8) is 0 Å². The third kappa shape index (κ3) is 6.74. The zero-order valence-electron chi connectivity index (χ0n) is 14.5. The van der Waals surface area contributed by atoms with Crippen LogP contribution in [-0.4, -0.2) is 44.2 Å². The van der Waals surface area contributed by atoms with E-state index in [1.165, 1.54) is 25.7 Å². The first kappa shape index (κ1) is 22.2. The summed E-state index contributed by atoms with van der Waals surface area (Å²) in [5, 5.41) is 0. The van der Waals surface area contributed by atoms with Gasteiger partial charge in [0.15, 0.2) is 0 Å². The van der Waals surface area contributed by atoms with Crippen LogP contribution in [0.25, 0.3) is 0 Å². The van der Waals surface area contributed by atoms with Crippen molar-refractivity contribution in [1.82, 2.24) is 4.31 Å². The van der Waals surface area contributed by atoms with Crippen LogP contribution in [0.15, 0.2) is 0 Å². The lowest BCUT2D eigenvalue weighted by atomic mass is 10.1. The predicted molar refractivity (Wildman–Crippen MR) is 112 cm³/mol. The fraction of sp³-hybridized carbons (Fsp3) is 0.933. The number of nitrogens with zero attached hydrogens (tertiary/aromatic N) is 1. The molecule has 1 saturated heterocycles. The summed E-state index contributed by atoms with van der Waals surface area (Å²) >= 11 is 8.22. The molecule has 1 aliphatic heterocycles. The Bertz CT molecular complexity index is 401. The molecule has 0 radical (unpaired) electrons. The Hall–Kier alpha value is 1.13. The molecule has 0 spiro atoms. The van der Waals surface area contributed by atoms with Crippen molar-refractivity contribution in [2.75, 3.05) is 23.8 Å². The lowest BCUT2D eigenvalue weighted by Crippen LogP contribution is -2.32. The number of hydrogen-bond acceptors (Lipinski definition) is 5. The SMILES string of the molecule is CCCCCCCCN1C(=O)C(P(=S)(SCC)SCC)C[S+]1[O-]. The van der Waals surface area contributed by atoms with Crippen molar-refractivity contribution in [3.8, 4) is 0 Å². The van der Waals surface area contributed by atoms with Crippen molar-refractivity contribution in [3.05, 3.63) is 0 Å². The summed E-state index contributed by atoms with van der Waals surface area (Å²) in [5.41, 5.74) is -0.187. The highest BCUT2D eigenvalue weighted by Gasteiger charge is 2.50. The number of unbranched alkanes of at least 4 members (excludes halogenated alkanes) is 5. The maximum atomic E-state index is 12.7. The summed E-state index contributed by atoms with van der Waals surface area (Å²) in [5.74, 6) is 2.37. The van der Waals surface area contributed by atoms with Gasteiger partial charge in [-0.2, -0.15) is 4.31 Å². The molecule has 2 atom stereocenters. The van der Waals surface area contributed by atoms with Crippen LogP contribution in [0, 0.1) is 0 Å². The average Bonchev–Trinajstić information content (AvgIpc) is 2.79. The van der Waals surface area contributed by atoms with Gasteiger partial charge in [-0.15, -0.1) is 22.8 Å². The first-order valence-electron chi connectivity index (χ1n) is 8.58. The van der Waals surface area contributed by atoms with Gasteiger partial charge >= 0.3 is 0 Å². The topological polar surface area (TPSA) is 43.4 Å². The molecule has 136 valence electrons. The van der Waals surface area contributed by atoms with Crippen LogP contribution in [0.4, 0.5) is 0 Å². The normalized spacial score (nSPS) is 22.1. The second-order valence-corrected chi connectivity index (χ2v) is 19.2. The van der Waals surface area contributed by atoms with E-state index in [-0.39, 0.29) is 11.6 Å². The fourth-order valence-corrected chi connectivity index (χ4v) is 17.0. The summed E-state index contributed by atoms with van der Waals surface area (Å²) in [6.45, 7) is 7.02. The molecule has 1 heterocycles. The summed E-state index contributed by atoms with van der Waals surface area (Å²) in [6, 6.07) is 0. The predicted octanol–water partition coefficient (Wildman–Crippen LogP) is 5.04. The van der Waals surface area contributed by atoms with Gasteiger partial charge in [0.25, 0.3) is 5.91 Å². The lowest BCUT2D eigenvalue weighted by molar-refractivity contribution is -0.124. The highest BCUT2D eigenvalue weighted by atomic mass is 33.2. The number of carbonyl (C=O) groups is 1. The number of hydrogen-bond donors (Lipinski definition) is 0. The minimum atomic E-state index is -1.87. The molecule has 0 aromatic carbocycles. The van der Waals surface area contributed by atoms with Crippen molar-refractivity contribution in [2.24, 2.45) is 0 Å². The number of rotatable bonds is 12. The highest BCUT2D eigenvalue weighted by Crippen LogP contribution is 2.73. The Morgan fingerprint density at radius 1 is 1.17 bits per heavy atom. The molecule has 2 unspecified atom stereocenters. The molecule has 1 fully saturated rings. The van der Waals surface area contributed by atoms with E-state index in [9.17, 15) is 9.35 Å². The van der Waals surface area contributed by atoms with E-state index in [1.807, 2.05) is 0 Å². The molecule has 3 nitrogen and oxygen atoms in total. The highest BCUT2D eigenvalue weighted by molar-refractivity contribution is 9.00. The largest absolute Gasteiger partial charge is 0.593 e. The summed E-state index contributed by atoms with van der Waals surface area (Å²) in [6.07, 6.45) is 7.07. The van der Waals surface area contributed by atoms with Crippen LogP contribution in [-0.2, 0) is 28.0 Å². The maximum Gasteiger partial charge on any atom is 0.278 e. The third-order valence-electron chi connectivity index (χ3n) is 3.79. The molecule has 0 aliphatic carbocycles. The van der Waals surface area contributed by atoms with E-state index in [4.69, 9.17) is 11.8 Å². The smallest absolute Gasteiger partial charge is 0.278 e. The second-order valence-electron chi connectivity index (χ2n) is 5.59. The Morgan fingerprint density at radius 3 is 2.30 bits per heavy atom. The Kier molecular flexibility index (Phi) is 11.3. The zero-order valence-corrected chi connectivity index (χ0v) is 18.7. The molecule has 8 heteroatoms. The van der Waals surface area contributed by atoms with Gasteiger partial charge in [-0.1, -0.05) is 64.7 Å². The minimum Gasteiger partial charge on any atom is -0.593 e. The molecule has 0 N–H and O–H groups in total. The van der Waals surface area contributed by atoms with Gasteiger partial charge < -0.3 is 4.55 Å².